The van der Waals surface area contributed by atoms with Crippen molar-refractivity contribution in [2.45, 2.75) is 89.6 Å². The summed E-state index contributed by atoms with van der Waals surface area (Å²) in [5, 5.41) is 15.2. The van der Waals surface area contributed by atoms with Crippen LogP contribution in [0.5, 0.6) is 17.4 Å². The van der Waals surface area contributed by atoms with Crippen LogP contribution in [-0.4, -0.2) is 164 Å². The van der Waals surface area contributed by atoms with Crippen molar-refractivity contribution in [3.8, 4) is 17.4 Å². The minimum atomic E-state index is -0.678. The lowest BCUT2D eigenvalue weighted by Gasteiger charge is -2.42. The molecule has 3 aliphatic rings. The third kappa shape index (κ3) is 12.5. The van der Waals surface area contributed by atoms with E-state index >= 15 is 4.39 Å². The third-order valence-corrected chi connectivity index (χ3v) is 15.0. The van der Waals surface area contributed by atoms with Gasteiger partial charge >= 0.3 is 0 Å². The fourth-order valence-corrected chi connectivity index (χ4v) is 10.7. The van der Waals surface area contributed by atoms with Gasteiger partial charge in [-0.2, -0.15) is 0 Å². The van der Waals surface area contributed by atoms with E-state index in [1.54, 1.807) is 59.0 Å². The number of carbonyl (C=O) groups is 4. The first-order chi connectivity index (χ1) is 34.9. The monoisotopic (exact) mass is 1020 g/mol. The highest BCUT2D eigenvalue weighted by Crippen LogP contribution is 2.34. The van der Waals surface area contributed by atoms with Crippen LogP contribution in [-0.2, 0) is 32.7 Å². The van der Waals surface area contributed by atoms with Gasteiger partial charge in [0.05, 0.1) is 67.4 Å². The van der Waals surface area contributed by atoms with Crippen molar-refractivity contribution in [2.24, 2.45) is 13.0 Å². The summed E-state index contributed by atoms with van der Waals surface area (Å²) in [6.07, 6.45) is 8.56. The number of benzene rings is 1. The van der Waals surface area contributed by atoms with Crippen LogP contribution in [0, 0.1) is 11.7 Å². The van der Waals surface area contributed by atoms with E-state index in [4.69, 9.17) is 28.2 Å². The van der Waals surface area contributed by atoms with Crippen molar-refractivity contribution in [3.05, 3.63) is 64.7 Å². The van der Waals surface area contributed by atoms with Crippen LogP contribution in [0.15, 0.2) is 46.4 Å². The molecule has 19 nitrogen and oxygen atoms in total. The molecule has 3 fully saturated rings. The maximum atomic E-state index is 15.3. The molecular formula is C51H68FN9O10S. The van der Waals surface area contributed by atoms with Crippen LogP contribution in [0.3, 0.4) is 0 Å². The number of likely N-dealkylation sites (tertiary alicyclic amines) is 1. The number of ether oxygens (including phenoxy) is 5. The average molecular weight is 1020 g/mol. The van der Waals surface area contributed by atoms with E-state index in [-0.39, 0.29) is 98.8 Å². The average Bonchev–Trinajstić information content (AvgIpc) is 4.14. The Morgan fingerprint density at radius 2 is 1.71 bits per heavy atom. The molecule has 3 atom stereocenters. The smallest absolute Gasteiger partial charge is 0.271 e. The highest BCUT2D eigenvalue weighted by Gasteiger charge is 2.40. The molecule has 1 aliphatic carbocycles. The van der Waals surface area contributed by atoms with E-state index in [1.807, 2.05) is 24.4 Å². The number of halogens is 1. The first-order valence-electron chi connectivity index (χ1n) is 25.1. The molecule has 3 N–H and O–H groups in total. The lowest BCUT2D eigenvalue weighted by Crippen LogP contribution is -2.61. The van der Waals surface area contributed by atoms with Gasteiger partial charge in [0.1, 0.15) is 30.2 Å². The van der Waals surface area contributed by atoms with Crippen molar-refractivity contribution in [2.75, 3.05) is 86.5 Å². The summed E-state index contributed by atoms with van der Waals surface area (Å²) in [7, 11) is 4.71. The largest absolute Gasteiger partial charge is 0.494 e. The summed E-state index contributed by atoms with van der Waals surface area (Å²) in [6.45, 7) is 8.02. The molecule has 1 saturated carbocycles. The fourth-order valence-electron chi connectivity index (χ4n) is 9.94. The molecule has 0 radical (unpaired) electrons. The standard InChI is InChI=1S/C51H68FN9O10S/c1-32-30-60(50(64)45(34-9-7-6-8-10-34)56-48(62)33(2)53-3)19-20-61(32)51(65)46-44(37-28-38(52)42(66-5)29-40(37)58(46)4)49(63)55-16-21-67-22-23-68-24-25-69-43-27-36(71-57-43)31-59-17-12-35(13-18-59)70-41-11-15-54-39-14-26-72-47(39)41/h11,14-15,26-29,32-35,45,53H,6-10,12-13,16-25,30-31H2,1-5H3,(H,55,63)(H,56,62)/t32-,33-,45-/m0/s1. The van der Waals surface area contributed by atoms with Gasteiger partial charge in [0.25, 0.3) is 17.7 Å². The Morgan fingerprint density at radius 1 is 0.944 bits per heavy atom. The maximum absolute atomic E-state index is 15.3. The summed E-state index contributed by atoms with van der Waals surface area (Å²) >= 11 is 1.64. The first-order valence-corrected chi connectivity index (χ1v) is 26.0. The minimum absolute atomic E-state index is 0.0263. The first kappa shape index (κ1) is 52.5. The number of methoxy groups -OCH3 is 1. The molecule has 72 heavy (non-hydrogen) atoms. The minimum Gasteiger partial charge on any atom is -0.494 e. The maximum Gasteiger partial charge on any atom is 0.271 e. The molecule has 2 saturated heterocycles. The van der Waals surface area contributed by atoms with E-state index in [1.165, 1.54) is 19.2 Å². The Hall–Kier alpha value is -5.87. The Balaban J connectivity index is 0.773. The predicted molar refractivity (Wildman–Crippen MR) is 268 cm³/mol. The SMILES string of the molecule is CN[C@@H](C)C(=O)N[C@H](C(=O)N1CCN(C(=O)c2c(C(=O)NCCOCCOCCOc3cc(CN4CCC(Oc5ccnc6ccsc56)CC4)on3)c3cc(F)c(OC)cc3n2C)[C@@H](C)C1)C1CCCCC1. The van der Waals surface area contributed by atoms with E-state index in [0.29, 0.717) is 24.5 Å². The predicted octanol–water partition coefficient (Wildman–Crippen LogP) is 5.16. The highest BCUT2D eigenvalue weighted by molar-refractivity contribution is 7.17. The number of thiophene rings is 1. The molecule has 2 aliphatic heterocycles. The summed E-state index contributed by atoms with van der Waals surface area (Å²) in [6, 6.07) is 6.86. The third-order valence-electron chi connectivity index (χ3n) is 14.0. The van der Waals surface area contributed by atoms with Crippen LogP contribution in [0.4, 0.5) is 4.39 Å². The molecule has 390 valence electrons. The number of hydrogen-bond acceptors (Lipinski definition) is 15. The van der Waals surface area contributed by atoms with Gasteiger partial charge in [-0.1, -0.05) is 19.3 Å². The zero-order valence-corrected chi connectivity index (χ0v) is 42.7. The van der Waals surface area contributed by atoms with E-state index < -0.39 is 35.8 Å². The second-order valence-corrected chi connectivity index (χ2v) is 19.7. The molecular weight excluding hydrogens is 950 g/mol. The number of carbonyl (C=O) groups excluding carboxylic acids is 4. The number of nitrogens with zero attached hydrogens (tertiary/aromatic N) is 6. The number of hydrogen-bond donors (Lipinski definition) is 3. The van der Waals surface area contributed by atoms with E-state index in [9.17, 15) is 19.2 Å². The Kier molecular flexibility index (Phi) is 18.0. The Labute approximate surface area is 422 Å². The molecule has 4 amide bonds. The topological polar surface area (TPSA) is 204 Å². The number of rotatable bonds is 22. The summed E-state index contributed by atoms with van der Waals surface area (Å²) < 4.78 is 52.2. The molecule has 4 aromatic heterocycles. The van der Waals surface area contributed by atoms with Gasteiger partial charge in [0.15, 0.2) is 17.3 Å². The van der Waals surface area contributed by atoms with Crippen molar-refractivity contribution in [1.82, 2.24) is 45.4 Å². The molecule has 0 unspecified atom stereocenters. The van der Waals surface area contributed by atoms with Crippen molar-refractivity contribution >= 4 is 56.1 Å². The van der Waals surface area contributed by atoms with E-state index in [0.717, 1.165) is 79.8 Å². The second-order valence-electron chi connectivity index (χ2n) is 18.8. The van der Waals surface area contributed by atoms with Gasteiger partial charge in [0, 0.05) is 76.1 Å². The number of piperazine rings is 1. The molecule has 0 bridgehead atoms. The summed E-state index contributed by atoms with van der Waals surface area (Å²) in [5.41, 5.74) is 1.50. The van der Waals surface area contributed by atoms with Gasteiger partial charge in [-0.3, -0.25) is 29.1 Å². The Bertz CT molecular complexity index is 2640. The number of likely N-dealkylation sites (N-methyl/N-ethyl adjacent to an activating group) is 1. The van der Waals surface area contributed by atoms with Crippen LogP contribution in [0.2, 0.25) is 0 Å². The summed E-state index contributed by atoms with van der Waals surface area (Å²) in [4.78, 5) is 65.9. The van der Waals surface area contributed by atoms with Crippen molar-refractivity contribution < 1.29 is 51.8 Å². The zero-order chi connectivity index (χ0) is 50.7. The van der Waals surface area contributed by atoms with Gasteiger partial charge < -0.3 is 58.5 Å². The number of nitrogens with one attached hydrogen (secondary N) is 3. The molecule has 8 rings (SSSR count). The number of aromatic nitrogens is 3. The van der Waals surface area contributed by atoms with Gasteiger partial charge in [0.2, 0.25) is 11.8 Å². The van der Waals surface area contributed by atoms with Gasteiger partial charge in [-0.15, -0.1) is 11.3 Å². The molecule has 1 aromatic carbocycles. The van der Waals surface area contributed by atoms with Crippen LogP contribution >= 0.6 is 11.3 Å². The van der Waals surface area contributed by atoms with Gasteiger partial charge in [-0.25, -0.2) is 4.39 Å². The second kappa shape index (κ2) is 24.7. The molecule has 0 spiro atoms. The zero-order valence-electron chi connectivity index (χ0n) is 41.9. The summed E-state index contributed by atoms with van der Waals surface area (Å²) in [5.74, 6) is -0.0661. The van der Waals surface area contributed by atoms with E-state index in [2.05, 4.69) is 31.0 Å². The normalized spacial score (nSPS) is 18.1. The molecule has 6 heterocycles. The van der Waals surface area contributed by atoms with Crippen LogP contribution < -0.4 is 30.2 Å². The van der Waals surface area contributed by atoms with Crippen molar-refractivity contribution in [3.63, 3.8) is 0 Å². The number of fused-ring (bicyclic) bond motifs is 2. The molecule has 21 heteroatoms. The number of aryl methyl sites for hydroxylation is 1. The van der Waals surface area contributed by atoms with Crippen LogP contribution in [0.1, 0.15) is 85.4 Å². The van der Waals surface area contributed by atoms with Crippen molar-refractivity contribution in [1.29, 1.82) is 0 Å². The number of pyridine rings is 1. The number of piperidine rings is 1. The lowest BCUT2D eigenvalue weighted by molar-refractivity contribution is -0.140. The lowest BCUT2D eigenvalue weighted by atomic mass is 9.83. The highest BCUT2D eigenvalue weighted by atomic mass is 32.1. The number of amides is 4. The molecule has 5 aromatic rings. The Morgan fingerprint density at radius 3 is 2.46 bits per heavy atom. The van der Waals surface area contributed by atoms with Crippen LogP contribution in [0.25, 0.3) is 21.1 Å². The van der Waals surface area contributed by atoms with Gasteiger partial charge in [-0.05, 0) is 81.2 Å². The fraction of sp³-hybridized carbons (Fsp3) is 0.569. The quantitative estimate of drug-likeness (QED) is 0.0768.